The number of hydrogen-bond acceptors (Lipinski definition) is 47. The monoisotopic (exact) mass is 1720 g/mol. The molecule has 0 aliphatic carbocycles. The van der Waals surface area contributed by atoms with Gasteiger partial charge < -0.3 is 229 Å². The summed E-state index contributed by atoms with van der Waals surface area (Å²) in [5.41, 5.74) is 0. The van der Waals surface area contributed by atoms with Crippen LogP contribution in [-0.2, 0) is 109 Å². The maximum absolute atomic E-state index is 13.1. The predicted molar refractivity (Wildman–Crippen MR) is 367 cm³/mol. The first kappa shape index (κ1) is 97.5. The van der Waals surface area contributed by atoms with Crippen LogP contribution >= 0.6 is 0 Å². The second kappa shape index (κ2) is 42.6. The zero-order chi connectivity index (χ0) is 87.1. The molecule has 9 aliphatic rings. The molecular formula is C67H112N4O47. The second-order valence-electron chi connectivity index (χ2n) is 30.1. The molecule has 4 amide bonds. The summed E-state index contributed by atoms with van der Waals surface area (Å²) in [6.07, 6.45) is -82.7. The second-order valence-corrected chi connectivity index (χ2v) is 30.1. The Balaban J connectivity index is 1.03. The fraction of sp³-hybridized carbons (Fsp3) is 0.925. The maximum Gasteiger partial charge on any atom is 0.332 e. The summed E-state index contributed by atoms with van der Waals surface area (Å²) in [4.78, 5) is 63.0. The molecule has 9 rings (SSSR count). The first-order valence-corrected chi connectivity index (χ1v) is 37.9. The van der Waals surface area contributed by atoms with Gasteiger partial charge in [-0.25, -0.2) is 0 Å². The first-order chi connectivity index (χ1) is 55.8. The Kier molecular flexibility index (Phi) is 35.2. The van der Waals surface area contributed by atoms with Crippen molar-refractivity contribution in [3.8, 4) is 0 Å². The van der Waals surface area contributed by atoms with Crippen molar-refractivity contribution in [2.75, 3.05) is 59.5 Å². The van der Waals surface area contributed by atoms with Crippen LogP contribution in [0.4, 0.5) is 0 Å². The summed E-state index contributed by atoms with van der Waals surface area (Å²) in [5, 5.41) is 279. The average Bonchev–Trinajstić information content (AvgIpc) is 0.771. The van der Waals surface area contributed by atoms with Gasteiger partial charge in [0.2, 0.25) is 23.6 Å². The highest BCUT2D eigenvalue weighted by molar-refractivity contribution is 5.74. The Morgan fingerprint density at radius 3 is 1.17 bits per heavy atom. The zero-order valence-corrected chi connectivity index (χ0v) is 64.3. The Morgan fingerprint density at radius 2 is 0.720 bits per heavy atom. The van der Waals surface area contributed by atoms with Crippen LogP contribution < -0.4 is 21.3 Å². The number of hydrogen-bond donors (Lipinski definition) is 28. The van der Waals surface area contributed by atoms with Gasteiger partial charge in [0.05, 0.1) is 90.2 Å². The van der Waals surface area contributed by atoms with Gasteiger partial charge in [0.25, 0.3) is 6.47 Å². The van der Waals surface area contributed by atoms with Gasteiger partial charge in [-0.3, -0.25) is 24.0 Å². The van der Waals surface area contributed by atoms with Crippen molar-refractivity contribution in [2.45, 2.75) is 324 Å². The minimum absolute atomic E-state index is 0.244. The van der Waals surface area contributed by atoms with E-state index in [0.29, 0.717) is 0 Å². The van der Waals surface area contributed by atoms with Crippen LogP contribution in [-0.4, -0.2) is 488 Å². The molecule has 51 nitrogen and oxygen atoms in total. The van der Waals surface area contributed by atoms with E-state index in [9.17, 15) is 147 Å². The fourth-order valence-corrected chi connectivity index (χ4v) is 15.5. The molecule has 9 heterocycles. The molecule has 118 heavy (non-hydrogen) atoms. The molecule has 0 aromatic heterocycles. The van der Waals surface area contributed by atoms with Crippen molar-refractivity contribution >= 4 is 30.1 Å². The van der Waals surface area contributed by atoms with Crippen molar-refractivity contribution < 1.29 is 232 Å². The van der Waals surface area contributed by atoms with Crippen LogP contribution in [0.5, 0.6) is 0 Å². The van der Waals surface area contributed by atoms with E-state index in [0.717, 1.165) is 27.7 Å². The van der Waals surface area contributed by atoms with Crippen LogP contribution in [0, 0.1) is 5.92 Å². The average molecular weight is 1730 g/mol. The van der Waals surface area contributed by atoms with Gasteiger partial charge in [-0.1, -0.05) is 6.92 Å². The van der Waals surface area contributed by atoms with E-state index in [-0.39, 0.29) is 6.47 Å². The van der Waals surface area contributed by atoms with Crippen molar-refractivity contribution in [3.63, 3.8) is 0 Å². The minimum Gasteiger partial charge on any atom is -0.410 e. The number of carbonyl (C=O) groups excluding carboxylic acids is 5. The zero-order valence-electron chi connectivity index (χ0n) is 64.3. The molecule has 9 aliphatic heterocycles. The SMILES string of the molecule is CC(=O)NC1C(O)[C@H](O[C@@H]2OC(CO)[C@H](O)[C@H](O[C@]3(OC=O)C[C@@H](O)[C@@H](C)C([C@H](O)[C@H](O)CO)O3)C2O)[C@H](CO)O[C@H]1OC1[C@@H](OCC2O[C@@H](O[C@@H]3C(CO)O[C@@H](O[C@@H]4C(CO)O[C@@H](C)C(NC(C)=O)[C@H]4O)C(NC(C)=O)[C@H]3O)C(O)[C@@H](O[C@H]3OC(CO)[C@@H](O)C(O)C3O[C@@H]3OC(CO)[C@@H](O)[C@H](O)C3NC(C)=O)[C@@H]2O)OC(CO)[C@@H](O)[C@@H]1O. The Hall–Kier alpha value is -4.29. The minimum atomic E-state index is -2.87. The van der Waals surface area contributed by atoms with E-state index < -0.39 is 371 Å². The molecule has 0 radical (unpaired) electrons. The van der Waals surface area contributed by atoms with E-state index in [2.05, 4.69) is 21.3 Å². The highest BCUT2D eigenvalue weighted by Gasteiger charge is 2.62. The third-order valence-corrected chi connectivity index (χ3v) is 21.9. The first-order valence-electron chi connectivity index (χ1n) is 37.9. The third-order valence-electron chi connectivity index (χ3n) is 21.9. The van der Waals surface area contributed by atoms with Crippen LogP contribution in [0.25, 0.3) is 0 Å². The van der Waals surface area contributed by atoms with E-state index in [4.69, 9.17) is 85.3 Å². The molecule has 51 heteroatoms. The quantitative estimate of drug-likeness (QED) is 0.0214. The summed E-state index contributed by atoms with van der Waals surface area (Å²) in [6.45, 7) is -3.32. The molecule has 46 atom stereocenters. The smallest absolute Gasteiger partial charge is 0.332 e. The van der Waals surface area contributed by atoms with E-state index in [1.807, 2.05) is 0 Å². The van der Waals surface area contributed by atoms with Gasteiger partial charge in [-0.15, -0.1) is 0 Å². The normalized spacial score (nSPS) is 47.5. The third kappa shape index (κ3) is 21.6. The standard InChI is InChI=1S/C67H112N4O47/c1-18-24(85)7-67(102-17-80,117-52(18)38(87)25(86)8-72)118-57-42(91)29(12-76)105-64(51(57)100)113-55-32(15-79)109-62(37(47(55)96)71-23(6)84)115-58-48(97)40(89)27(10-74)106-65(58)101-16-33-43(92)56(114-66-59(49(98)41(90)28(11-75)107-66)116-60-35(69-21(4)82)44(93)39(88)26(9-73)104-60)50(99)63(110-33)112-54-31(14-78)108-61(36(46(54)95)70-22(5)83)111-53-30(13-77)103-19(2)34(45(53)94)68-20(3)81/h17-19,24-66,72-79,85-100H,7-16H2,1-6H3,(H,68,81)(H,69,82)(H,70,83)(H,71,84)/t18-,19+,24-,25-,26?,27?,28?,29?,30?,31?,32+,33?,34?,35?,36?,37?,38-,39-,40-,41-,42+,43-,44-,45-,46-,47?,48+,49?,50?,51?,52?,53-,54-,55-,56+,57+,58?,59?,60+,61+,62+,63+,64+,65+,66-,67+/m1/s1. The van der Waals surface area contributed by atoms with E-state index in [1.165, 1.54) is 13.8 Å². The van der Waals surface area contributed by atoms with E-state index >= 15 is 0 Å². The molecule has 682 valence electrons. The summed E-state index contributed by atoms with van der Waals surface area (Å²) < 4.78 is 107. The van der Waals surface area contributed by atoms with E-state index in [1.54, 1.807) is 0 Å². The topological polar surface area (TPSA) is 785 Å². The molecule has 0 aromatic carbocycles. The van der Waals surface area contributed by atoms with Crippen molar-refractivity contribution in [2.24, 2.45) is 5.92 Å². The van der Waals surface area contributed by atoms with Crippen molar-refractivity contribution in [3.05, 3.63) is 0 Å². The summed E-state index contributed by atoms with van der Waals surface area (Å²) in [6, 6.07) is -6.87. The molecule has 9 saturated heterocycles. The fourth-order valence-electron chi connectivity index (χ4n) is 15.5. The molecule has 0 aromatic rings. The lowest BCUT2D eigenvalue weighted by molar-refractivity contribution is -0.448. The number of nitrogens with one attached hydrogen (secondary N) is 4. The largest absolute Gasteiger partial charge is 0.410 e. The Bertz CT molecular complexity index is 3180. The summed E-state index contributed by atoms with van der Waals surface area (Å²) >= 11 is 0. The molecule has 9 fully saturated rings. The molecule has 18 unspecified atom stereocenters. The maximum atomic E-state index is 13.1. The highest BCUT2D eigenvalue weighted by atomic mass is 16.9. The van der Waals surface area contributed by atoms with Crippen molar-refractivity contribution in [1.29, 1.82) is 0 Å². The van der Waals surface area contributed by atoms with Gasteiger partial charge in [-0.05, 0) is 6.92 Å². The number of aliphatic hydroxyl groups is 24. The van der Waals surface area contributed by atoms with Crippen LogP contribution in [0.1, 0.15) is 48.0 Å². The molecule has 0 saturated carbocycles. The van der Waals surface area contributed by atoms with Gasteiger partial charge in [-0.2, -0.15) is 0 Å². The number of ether oxygens (including phenoxy) is 18. The van der Waals surface area contributed by atoms with Gasteiger partial charge in [0.1, 0.15) is 201 Å². The van der Waals surface area contributed by atoms with Gasteiger partial charge in [0, 0.05) is 33.6 Å². The number of aliphatic hydroxyl groups excluding tert-OH is 24. The Morgan fingerprint density at radius 1 is 0.381 bits per heavy atom. The lowest BCUT2D eigenvalue weighted by atomic mass is 9.87. The molecular weight excluding hydrogens is 1610 g/mol. The number of rotatable bonds is 33. The molecule has 0 spiro atoms. The summed E-state index contributed by atoms with van der Waals surface area (Å²) in [5.74, 6) is -7.36. The lowest BCUT2D eigenvalue weighted by Gasteiger charge is -2.51. The predicted octanol–water partition coefficient (Wildman–Crippen LogP) is -18.5. The number of carbonyl (C=O) groups is 5. The van der Waals surface area contributed by atoms with Crippen LogP contribution in [0.2, 0.25) is 0 Å². The summed E-state index contributed by atoms with van der Waals surface area (Å²) in [7, 11) is 0. The molecule has 28 N–H and O–H groups in total. The molecule has 0 bridgehead atoms. The van der Waals surface area contributed by atoms with Crippen LogP contribution in [0.3, 0.4) is 0 Å². The van der Waals surface area contributed by atoms with Crippen molar-refractivity contribution in [1.82, 2.24) is 21.3 Å². The Labute approximate surface area is 670 Å². The lowest BCUT2D eigenvalue weighted by Crippen LogP contribution is -2.70. The van der Waals surface area contributed by atoms with Gasteiger partial charge >= 0.3 is 5.97 Å². The van der Waals surface area contributed by atoms with Gasteiger partial charge in [0.15, 0.2) is 44.0 Å². The number of amides is 4. The van der Waals surface area contributed by atoms with Crippen LogP contribution in [0.15, 0.2) is 0 Å². The highest BCUT2D eigenvalue weighted by Crippen LogP contribution is 2.43.